The fourth-order valence-corrected chi connectivity index (χ4v) is 4.15. The van der Waals surface area contributed by atoms with E-state index in [0.29, 0.717) is 16.3 Å². The van der Waals surface area contributed by atoms with Crippen LogP contribution in [0.3, 0.4) is 0 Å². The highest BCUT2D eigenvalue weighted by molar-refractivity contribution is 7.18. The SMILES string of the molecule is O=C(/C=C/c1cccs1)Nc1ccccc1C(=O)Nc1nnc(-c2ccc([N+](=O)[O-])cc2)s1. The van der Waals surface area contributed by atoms with E-state index in [9.17, 15) is 19.7 Å². The molecular formula is C22H15N5O4S2. The fourth-order valence-electron chi connectivity index (χ4n) is 2.79. The van der Waals surface area contributed by atoms with Crippen LogP contribution in [0.4, 0.5) is 16.5 Å². The van der Waals surface area contributed by atoms with Crippen LogP contribution in [0.2, 0.25) is 0 Å². The first-order valence-corrected chi connectivity index (χ1v) is 11.2. The number of benzene rings is 2. The number of carbonyl (C=O) groups is 2. The van der Waals surface area contributed by atoms with E-state index in [-0.39, 0.29) is 22.3 Å². The van der Waals surface area contributed by atoms with Gasteiger partial charge >= 0.3 is 0 Å². The van der Waals surface area contributed by atoms with Gasteiger partial charge in [0, 0.05) is 28.6 Å². The maximum absolute atomic E-state index is 12.8. The molecule has 2 N–H and O–H groups in total. The summed E-state index contributed by atoms with van der Waals surface area (Å²) in [5.41, 5.74) is 1.24. The number of amides is 2. The topological polar surface area (TPSA) is 127 Å². The molecule has 2 aromatic heterocycles. The lowest BCUT2D eigenvalue weighted by atomic mass is 10.1. The Morgan fingerprint density at radius 3 is 2.48 bits per heavy atom. The molecule has 0 saturated heterocycles. The molecule has 0 unspecified atom stereocenters. The van der Waals surface area contributed by atoms with Crippen LogP contribution in [0.25, 0.3) is 16.6 Å². The van der Waals surface area contributed by atoms with E-state index in [4.69, 9.17) is 0 Å². The number of nitrogens with zero attached hydrogens (tertiary/aromatic N) is 3. The molecule has 33 heavy (non-hydrogen) atoms. The highest BCUT2D eigenvalue weighted by Gasteiger charge is 2.16. The van der Waals surface area contributed by atoms with E-state index in [1.54, 1.807) is 42.5 Å². The Bertz CT molecular complexity index is 1330. The van der Waals surface area contributed by atoms with E-state index >= 15 is 0 Å². The Kier molecular flexibility index (Phi) is 6.62. The molecule has 0 aliphatic heterocycles. The molecule has 0 saturated carbocycles. The quantitative estimate of drug-likeness (QED) is 0.217. The summed E-state index contributed by atoms with van der Waals surface area (Å²) in [6.07, 6.45) is 3.10. The van der Waals surface area contributed by atoms with Gasteiger partial charge in [0.2, 0.25) is 11.0 Å². The molecule has 2 aromatic carbocycles. The summed E-state index contributed by atoms with van der Waals surface area (Å²) in [5, 5.41) is 26.9. The van der Waals surface area contributed by atoms with Crippen molar-refractivity contribution in [2.45, 2.75) is 0 Å². The molecule has 0 atom stereocenters. The number of nitro benzene ring substituents is 1. The van der Waals surface area contributed by atoms with Crippen molar-refractivity contribution in [3.05, 3.63) is 92.7 Å². The van der Waals surface area contributed by atoms with Crippen LogP contribution >= 0.6 is 22.7 Å². The standard InChI is InChI=1S/C22H15N5O4S2/c28-19(12-11-16-4-3-13-32-16)23-18-6-2-1-5-17(18)20(29)24-22-26-25-21(33-22)14-7-9-15(10-8-14)27(30)31/h1-13H,(H,23,28)(H,24,26,29)/b12-11+. The summed E-state index contributed by atoms with van der Waals surface area (Å²) in [6, 6.07) is 16.3. The molecule has 0 fully saturated rings. The highest BCUT2D eigenvalue weighted by atomic mass is 32.1. The molecular weight excluding hydrogens is 462 g/mol. The number of thiophene rings is 1. The summed E-state index contributed by atoms with van der Waals surface area (Å²) in [5.74, 6) is -0.820. The second-order valence-corrected chi connectivity index (χ2v) is 8.51. The second-order valence-electron chi connectivity index (χ2n) is 6.55. The molecule has 2 heterocycles. The fraction of sp³-hybridized carbons (Fsp3) is 0. The third-order valence-corrected chi connectivity index (χ3v) is 6.07. The van der Waals surface area contributed by atoms with Crippen molar-refractivity contribution in [1.29, 1.82) is 0 Å². The van der Waals surface area contributed by atoms with E-state index in [1.165, 1.54) is 29.5 Å². The van der Waals surface area contributed by atoms with Crippen molar-refractivity contribution < 1.29 is 14.5 Å². The number of rotatable bonds is 7. The van der Waals surface area contributed by atoms with Gasteiger partial charge in [0.05, 0.1) is 16.2 Å². The maximum atomic E-state index is 12.8. The molecule has 2 amide bonds. The lowest BCUT2D eigenvalue weighted by Gasteiger charge is -2.09. The van der Waals surface area contributed by atoms with Crippen molar-refractivity contribution in [3.63, 3.8) is 0 Å². The Labute approximate surface area is 195 Å². The number of anilines is 2. The van der Waals surface area contributed by atoms with Crippen LogP contribution in [0, 0.1) is 10.1 Å². The Hall–Kier alpha value is -4.22. The minimum Gasteiger partial charge on any atom is -0.322 e. The lowest BCUT2D eigenvalue weighted by molar-refractivity contribution is -0.384. The van der Waals surface area contributed by atoms with Gasteiger partial charge in [-0.3, -0.25) is 25.0 Å². The van der Waals surface area contributed by atoms with Gasteiger partial charge in [-0.25, -0.2) is 0 Å². The van der Waals surface area contributed by atoms with Gasteiger partial charge in [0.25, 0.3) is 11.6 Å². The number of nitro groups is 1. The van der Waals surface area contributed by atoms with Gasteiger partial charge in [-0.05, 0) is 41.8 Å². The molecule has 4 rings (SSSR count). The number of non-ortho nitro benzene ring substituents is 1. The Balaban J connectivity index is 1.45. The molecule has 11 heteroatoms. The van der Waals surface area contributed by atoms with E-state index < -0.39 is 10.8 Å². The lowest BCUT2D eigenvalue weighted by Crippen LogP contribution is -2.16. The van der Waals surface area contributed by atoms with Crippen LogP contribution in [0.5, 0.6) is 0 Å². The van der Waals surface area contributed by atoms with Crippen LogP contribution < -0.4 is 10.6 Å². The number of carbonyl (C=O) groups excluding carboxylic acids is 2. The molecule has 9 nitrogen and oxygen atoms in total. The predicted octanol–water partition coefficient (Wildman–Crippen LogP) is 5.08. The van der Waals surface area contributed by atoms with Crippen molar-refractivity contribution in [2.75, 3.05) is 10.6 Å². The minimum atomic E-state index is -0.482. The van der Waals surface area contributed by atoms with Crippen LogP contribution in [-0.4, -0.2) is 26.9 Å². The van der Waals surface area contributed by atoms with Crippen molar-refractivity contribution in [1.82, 2.24) is 10.2 Å². The zero-order chi connectivity index (χ0) is 23.2. The average Bonchev–Trinajstić information content (AvgIpc) is 3.50. The number of hydrogen-bond acceptors (Lipinski definition) is 8. The third kappa shape index (κ3) is 5.53. The average molecular weight is 478 g/mol. The summed E-state index contributed by atoms with van der Waals surface area (Å²) in [6.45, 7) is 0. The van der Waals surface area contributed by atoms with Gasteiger partial charge < -0.3 is 5.32 Å². The largest absolute Gasteiger partial charge is 0.322 e. The Morgan fingerprint density at radius 1 is 0.970 bits per heavy atom. The maximum Gasteiger partial charge on any atom is 0.269 e. The highest BCUT2D eigenvalue weighted by Crippen LogP contribution is 2.28. The van der Waals surface area contributed by atoms with E-state index in [0.717, 1.165) is 16.2 Å². The number of hydrogen-bond donors (Lipinski definition) is 2. The summed E-state index contributed by atoms with van der Waals surface area (Å²) in [7, 11) is 0. The van der Waals surface area contributed by atoms with Gasteiger partial charge in [0.1, 0.15) is 5.01 Å². The predicted molar refractivity (Wildman–Crippen MR) is 128 cm³/mol. The first-order valence-electron chi connectivity index (χ1n) is 9.51. The minimum absolute atomic E-state index is 0.0271. The zero-order valence-electron chi connectivity index (χ0n) is 16.8. The van der Waals surface area contributed by atoms with Gasteiger partial charge in [0.15, 0.2) is 0 Å². The molecule has 0 radical (unpaired) electrons. The first-order chi connectivity index (χ1) is 16.0. The molecule has 4 aromatic rings. The molecule has 0 aliphatic rings. The normalized spacial score (nSPS) is 10.8. The van der Waals surface area contributed by atoms with E-state index in [2.05, 4.69) is 20.8 Å². The van der Waals surface area contributed by atoms with Gasteiger partial charge in [-0.1, -0.05) is 29.5 Å². The number of nitrogens with one attached hydrogen (secondary N) is 2. The molecule has 0 aliphatic carbocycles. The van der Waals surface area contributed by atoms with Crippen LogP contribution in [0.1, 0.15) is 15.2 Å². The van der Waals surface area contributed by atoms with E-state index in [1.807, 2.05) is 17.5 Å². The van der Waals surface area contributed by atoms with Crippen molar-refractivity contribution in [3.8, 4) is 10.6 Å². The second kappa shape index (κ2) is 9.94. The first kappa shape index (κ1) is 22.0. The number of aromatic nitrogens is 2. The van der Waals surface area contributed by atoms with Crippen LogP contribution in [-0.2, 0) is 4.79 Å². The number of para-hydroxylation sites is 1. The summed E-state index contributed by atoms with van der Waals surface area (Å²) < 4.78 is 0. The monoisotopic (exact) mass is 477 g/mol. The van der Waals surface area contributed by atoms with Gasteiger partial charge in [-0.15, -0.1) is 21.5 Å². The van der Waals surface area contributed by atoms with Gasteiger partial charge in [-0.2, -0.15) is 0 Å². The Morgan fingerprint density at radius 2 is 1.76 bits per heavy atom. The third-order valence-electron chi connectivity index (χ3n) is 4.34. The zero-order valence-corrected chi connectivity index (χ0v) is 18.4. The molecule has 0 spiro atoms. The molecule has 164 valence electrons. The summed E-state index contributed by atoms with van der Waals surface area (Å²) in [4.78, 5) is 36.3. The van der Waals surface area contributed by atoms with Crippen molar-refractivity contribution in [2.24, 2.45) is 0 Å². The molecule has 0 bridgehead atoms. The smallest absolute Gasteiger partial charge is 0.269 e. The van der Waals surface area contributed by atoms with Crippen molar-refractivity contribution >= 4 is 57.1 Å². The van der Waals surface area contributed by atoms with Crippen LogP contribution in [0.15, 0.2) is 72.1 Å². The summed E-state index contributed by atoms with van der Waals surface area (Å²) >= 11 is 2.64.